The Bertz CT molecular complexity index is 290. The molecule has 118 valence electrons. The second-order valence-corrected chi connectivity index (χ2v) is 8.25. The van der Waals surface area contributed by atoms with Crippen LogP contribution in [-0.2, 0) is 0 Å². The molecule has 2 aliphatic rings. The topological polar surface area (TPSA) is 15.3 Å². The minimum absolute atomic E-state index is 0.467. The molecule has 1 N–H and O–H groups in total. The lowest BCUT2D eigenvalue weighted by Crippen LogP contribution is -2.52. The SMILES string of the molecule is CCCNC1C(CN2CC(C)C(C)C2)CCCC1(C)C. The molecule has 2 nitrogen and oxygen atoms in total. The van der Waals surface area contributed by atoms with Crippen LogP contribution < -0.4 is 5.32 Å². The number of nitrogens with one attached hydrogen (secondary N) is 1. The van der Waals surface area contributed by atoms with E-state index < -0.39 is 0 Å². The van der Waals surface area contributed by atoms with Gasteiger partial charge in [0.05, 0.1) is 0 Å². The molecule has 4 atom stereocenters. The summed E-state index contributed by atoms with van der Waals surface area (Å²) in [6.07, 6.45) is 5.47. The first-order chi connectivity index (χ1) is 9.44. The van der Waals surface area contributed by atoms with Gasteiger partial charge < -0.3 is 10.2 Å². The van der Waals surface area contributed by atoms with E-state index in [0.29, 0.717) is 11.5 Å². The Morgan fingerprint density at radius 2 is 1.80 bits per heavy atom. The van der Waals surface area contributed by atoms with Crippen LogP contribution in [0.15, 0.2) is 0 Å². The Hall–Kier alpha value is -0.0800. The van der Waals surface area contributed by atoms with Gasteiger partial charge in [-0.1, -0.05) is 41.0 Å². The number of nitrogens with zero attached hydrogens (tertiary/aromatic N) is 1. The Morgan fingerprint density at radius 3 is 2.40 bits per heavy atom. The van der Waals surface area contributed by atoms with E-state index in [4.69, 9.17) is 0 Å². The molecule has 0 spiro atoms. The van der Waals surface area contributed by atoms with Crippen LogP contribution in [0.3, 0.4) is 0 Å². The van der Waals surface area contributed by atoms with Crippen molar-refractivity contribution in [2.24, 2.45) is 23.2 Å². The summed E-state index contributed by atoms with van der Waals surface area (Å²) in [5.41, 5.74) is 0.467. The van der Waals surface area contributed by atoms with Crippen molar-refractivity contribution in [3.05, 3.63) is 0 Å². The number of hydrogen-bond donors (Lipinski definition) is 1. The first-order valence-electron chi connectivity index (χ1n) is 8.89. The van der Waals surface area contributed by atoms with Gasteiger partial charge in [-0.3, -0.25) is 0 Å². The number of rotatable bonds is 5. The fourth-order valence-electron chi connectivity index (χ4n) is 4.45. The highest BCUT2D eigenvalue weighted by Gasteiger charge is 2.40. The van der Waals surface area contributed by atoms with E-state index in [1.165, 1.54) is 51.9 Å². The summed E-state index contributed by atoms with van der Waals surface area (Å²) in [4.78, 5) is 2.74. The molecule has 0 amide bonds. The second kappa shape index (κ2) is 6.79. The van der Waals surface area contributed by atoms with Crippen LogP contribution in [0.5, 0.6) is 0 Å². The Labute approximate surface area is 126 Å². The molecular formula is C18H36N2. The average Bonchev–Trinajstić information content (AvgIpc) is 2.67. The zero-order chi connectivity index (χ0) is 14.8. The molecule has 4 unspecified atom stereocenters. The molecule has 2 fully saturated rings. The first-order valence-corrected chi connectivity index (χ1v) is 8.89. The zero-order valence-electron chi connectivity index (χ0n) is 14.4. The molecule has 1 aliphatic carbocycles. The van der Waals surface area contributed by atoms with Gasteiger partial charge in [0.2, 0.25) is 0 Å². The lowest BCUT2D eigenvalue weighted by Gasteiger charge is -2.46. The van der Waals surface area contributed by atoms with Gasteiger partial charge in [0.1, 0.15) is 0 Å². The smallest absolute Gasteiger partial charge is 0.0159 e. The van der Waals surface area contributed by atoms with Gasteiger partial charge in [0.15, 0.2) is 0 Å². The van der Waals surface area contributed by atoms with Gasteiger partial charge in [-0.05, 0) is 49.0 Å². The molecule has 2 rings (SSSR count). The van der Waals surface area contributed by atoms with Gasteiger partial charge in [-0.2, -0.15) is 0 Å². The summed E-state index contributed by atoms with van der Waals surface area (Å²) in [6, 6.07) is 0.711. The molecule has 20 heavy (non-hydrogen) atoms. The Balaban J connectivity index is 1.96. The van der Waals surface area contributed by atoms with Gasteiger partial charge >= 0.3 is 0 Å². The van der Waals surface area contributed by atoms with E-state index in [1.807, 2.05) is 0 Å². The van der Waals surface area contributed by atoms with Crippen molar-refractivity contribution in [2.75, 3.05) is 26.2 Å². The van der Waals surface area contributed by atoms with Crippen LogP contribution >= 0.6 is 0 Å². The van der Waals surface area contributed by atoms with Gasteiger partial charge in [0.25, 0.3) is 0 Å². The van der Waals surface area contributed by atoms with E-state index in [-0.39, 0.29) is 0 Å². The zero-order valence-corrected chi connectivity index (χ0v) is 14.4. The molecule has 0 radical (unpaired) electrons. The molecule has 1 saturated heterocycles. The molecule has 0 bridgehead atoms. The van der Waals surface area contributed by atoms with Crippen molar-refractivity contribution in [2.45, 2.75) is 66.3 Å². The molecule has 0 aromatic carbocycles. The molecule has 0 aromatic heterocycles. The maximum absolute atomic E-state index is 3.88. The quantitative estimate of drug-likeness (QED) is 0.824. The monoisotopic (exact) mass is 280 g/mol. The van der Waals surface area contributed by atoms with Crippen LogP contribution in [0, 0.1) is 23.2 Å². The van der Waals surface area contributed by atoms with Crippen molar-refractivity contribution < 1.29 is 0 Å². The summed E-state index contributed by atoms with van der Waals surface area (Å²) in [5, 5.41) is 3.88. The minimum atomic E-state index is 0.467. The van der Waals surface area contributed by atoms with Crippen molar-refractivity contribution >= 4 is 0 Å². The predicted octanol–water partition coefficient (Wildman–Crippen LogP) is 3.77. The van der Waals surface area contributed by atoms with Crippen LogP contribution in [0.1, 0.15) is 60.3 Å². The molecular weight excluding hydrogens is 244 g/mol. The lowest BCUT2D eigenvalue weighted by atomic mass is 9.67. The minimum Gasteiger partial charge on any atom is -0.313 e. The predicted molar refractivity (Wildman–Crippen MR) is 88.0 cm³/mol. The van der Waals surface area contributed by atoms with Crippen molar-refractivity contribution in [3.63, 3.8) is 0 Å². The highest BCUT2D eigenvalue weighted by atomic mass is 15.2. The summed E-state index contributed by atoms with van der Waals surface area (Å²) < 4.78 is 0. The van der Waals surface area contributed by atoms with E-state index in [0.717, 1.165) is 17.8 Å². The highest BCUT2D eigenvalue weighted by Crippen LogP contribution is 2.40. The lowest BCUT2D eigenvalue weighted by molar-refractivity contribution is 0.0837. The largest absolute Gasteiger partial charge is 0.313 e. The van der Waals surface area contributed by atoms with Crippen LogP contribution in [0.2, 0.25) is 0 Å². The average molecular weight is 280 g/mol. The van der Waals surface area contributed by atoms with Gasteiger partial charge in [0, 0.05) is 25.7 Å². The standard InChI is InChI=1S/C18H36N2/c1-6-10-19-17-16(8-7-9-18(17,4)5)13-20-11-14(2)15(3)12-20/h14-17,19H,6-13H2,1-5H3. The summed E-state index contributed by atoms with van der Waals surface area (Å²) in [7, 11) is 0. The molecule has 0 aromatic rings. The molecule has 1 saturated carbocycles. The normalized spacial score (nSPS) is 38.2. The van der Waals surface area contributed by atoms with Gasteiger partial charge in [-0.15, -0.1) is 0 Å². The van der Waals surface area contributed by atoms with Gasteiger partial charge in [-0.25, -0.2) is 0 Å². The third-order valence-corrected chi connectivity index (χ3v) is 5.88. The fourth-order valence-corrected chi connectivity index (χ4v) is 4.45. The summed E-state index contributed by atoms with van der Waals surface area (Å²) in [6.45, 7) is 17.2. The maximum Gasteiger partial charge on any atom is 0.0159 e. The number of likely N-dealkylation sites (tertiary alicyclic amines) is 1. The maximum atomic E-state index is 3.88. The van der Waals surface area contributed by atoms with Crippen LogP contribution in [-0.4, -0.2) is 37.1 Å². The fraction of sp³-hybridized carbons (Fsp3) is 1.00. The molecule has 1 aliphatic heterocycles. The summed E-state index contributed by atoms with van der Waals surface area (Å²) in [5.74, 6) is 2.62. The van der Waals surface area contributed by atoms with E-state index in [9.17, 15) is 0 Å². The van der Waals surface area contributed by atoms with Crippen molar-refractivity contribution in [3.8, 4) is 0 Å². The Morgan fingerprint density at radius 1 is 1.15 bits per heavy atom. The molecule has 2 heteroatoms. The highest BCUT2D eigenvalue weighted by molar-refractivity contribution is 4.95. The Kier molecular flexibility index (Phi) is 5.53. The first kappa shape index (κ1) is 16.3. The van der Waals surface area contributed by atoms with E-state index in [2.05, 4.69) is 44.8 Å². The third-order valence-electron chi connectivity index (χ3n) is 5.88. The van der Waals surface area contributed by atoms with E-state index >= 15 is 0 Å². The van der Waals surface area contributed by atoms with Crippen LogP contribution in [0.25, 0.3) is 0 Å². The van der Waals surface area contributed by atoms with Crippen molar-refractivity contribution in [1.82, 2.24) is 10.2 Å². The van der Waals surface area contributed by atoms with E-state index in [1.54, 1.807) is 0 Å². The third kappa shape index (κ3) is 3.76. The second-order valence-electron chi connectivity index (χ2n) is 8.25. The summed E-state index contributed by atoms with van der Waals surface area (Å²) >= 11 is 0. The number of hydrogen-bond acceptors (Lipinski definition) is 2. The molecule has 1 heterocycles. The van der Waals surface area contributed by atoms with Crippen LogP contribution in [0.4, 0.5) is 0 Å². The van der Waals surface area contributed by atoms with Crippen molar-refractivity contribution in [1.29, 1.82) is 0 Å².